The van der Waals surface area contributed by atoms with E-state index in [9.17, 15) is 4.79 Å². The molecule has 0 aliphatic heterocycles. The molecule has 0 radical (unpaired) electrons. The molecule has 1 amide bonds. The molecule has 18 heavy (non-hydrogen) atoms. The number of rotatable bonds is 7. The van der Waals surface area contributed by atoms with Crippen molar-refractivity contribution >= 4 is 5.91 Å². The van der Waals surface area contributed by atoms with Crippen molar-refractivity contribution in [2.24, 2.45) is 11.7 Å². The van der Waals surface area contributed by atoms with Crippen LogP contribution in [0.5, 0.6) is 0 Å². The van der Waals surface area contributed by atoms with Crippen molar-refractivity contribution in [3.05, 3.63) is 0 Å². The predicted molar refractivity (Wildman–Crippen MR) is 76.3 cm³/mol. The summed E-state index contributed by atoms with van der Waals surface area (Å²) in [7, 11) is 1.99. The number of nitrogens with zero attached hydrogens (tertiary/aromatic N) is 1. The Bertz CT molecular complexity index is 243. The fourth-order valence-corrected chi connectivity index (χ4v) is 3.01. The standard InChI is InChI=1S/C15H30N2O/c1-13-9-6-7-10-14(13)17(2)15(18)11-5-3-4-8-12-16/h13-14H,3-12,16H2,1-2H3. The average Bonchev–Trinajstić information content (AvgIpc) is 2.38. The molecule has 1 aliphatic rings. The average molecular weight is 254 g/mol. The van der Waals surface area contributed by atoms with Crippen LogP contribution in [0.15, 0.2) is 0 Å². The van der Waals surface area contributed by atoms with Crippen LogP contribution in [0.1, 0.15) is 64.7 Å². The summed E-state index contributed by atoms with van der Waals surface area (Å²) in [4.78, 5) is 14.1. The topological polar surface area (TPSA) is 46.3 Å². The molecule has 1 aliphatic carbocycles. The first kappa shape index (κ1) is 15.5. The van der Waals surface area contributed by atoms with Crippen molar-refractivity contribution in [2.75, 3.05) is 13.6 Å². The first-order valence-electron chi connectivity index (χ1n) is 7.62. The third-order valence-corrected chi connectivity index (χ3v) is 4.30. The fourth-order valence-electron chi connectivity index (χ4n) is 3.01. The van der Waals surface area contributed by atoms with E-state index in [0.29, 0.717) is 24.3 Å². The van der Waals surface area contributed by atoms with Gasteiger partial charge in [0.1, 0.15) is 0 Å². The second-order valence-corrected chi connectivity index (χ2v) is 5.79. The highest BCUT2D eigenvalue weighted by molar-refractivity contribution is 5.76. The van der Waals surface area contributed by atoms with E-state index in [1.165, 1.54) is 25.7 Å². The molecular formula is C15H30N2O. The van der Waals surface area contributed by atoms with Gasteiger partial charge in [-0.05, 0) is 38.1 Å². The Kier molecular flexibility index (Phi) is 7.33. The predicted octanol–water partition coefficient (Wildman–Crippen LogP) is 2.93. The summed E-state index contributed by atoms with van der Waals surface area (Å²) in [6.07, 6.45) is 10.2. The van der Waals surface area contributed by atoms with E-state index in [2.05, 4.69) is 6.92 Å². The summed E-state index contributed by atoms with van der Waals surface area (Å²) in [5, 5.41) is 0. The summed E-state index contributed by atoms with van der Waals surface area (Å²) < 4.78 is 0. The summed E-state index contributed by atoms with van der Waals surface area (Å²) in [6, 6.07) is 0.482. The highest BCUT2D eigenvalue weighted by atomic mass is 16.2. The Morgan fingerprint density at radius 2 is 1.83 bits per heavy atom. The van der Waals surface area contributed by atoms with Gasteiger partial charge in [-0.15, -0.1) is 0 Å². The third-order valence-electron chi connectivity index (χ3n) is 4.30. The monoisotopic (exact) mass is 254 g/mol. The molecule has 2 N–H and O–H groups in total. The molecule has 0 bridgehead atoms. The zero-order valence-electron chi connectivity index (χ0n) is 12.2. The van der Waals surface area contributed by atoms with Crippen LogP contribution in [-0.2, 0) is 4.79 Å². The maximum absolute atomic E-state index is 12.1. The van der Waals surface area contributed by atoms with E-state index < -0.39 is 0 Å². The normalized spacial score (nSPS) is 23.9. The van der Waals surface area contributed by atoms with Gasteiger partial charge >= 0.3 is 0 Å². The minimum Gasteiger partial charge on any atom is -0.343 e. The first-order chi connectivity index (χ1) is 8.66. The highest BCUT2D eigenvalue weighted by Crippen LogP contribution is 2.27. The van der Waals surface area contributed by atoms with Gasteiger partial charge in [-0.25, -0.2) is 0 Å². The van der Waals surface area contributed by atoms with E-state index in [1.807, 2.05) is 11.9 Å². The van der Waals surface area contributed by atoms with Gasteiger partial charge in [-0.1, -0.05) is 32.6 Å². The lowest BCUT2D eigenvalue weighted by molar-refractivity contribution is -0.133. The van der Waals surface area contributed by atoms with E-state index in [1.54, 1.807) is 0 Å². The Labute approximate surface area is 112 Å². The van der Waals surface area contributed by atoms with Crippen LogP contribution in [0.4, 0.5) is 0 Å². The summed E-state index contributed by atoms with van der Waals surface area (Å²) in [5.41, 5.74) is 5.46. The molecule has 0 spiro atoms. The molecule has 106 valence electrons. The van der Waals surface area contributed by atoms with E-state index >= 15 is 0 Å². The number of amides is 1. The van der Waals surface area contributed by atoms with Crippen LogP contribution in [0.3, 0.4) is 0 Å². The van der Waals surface area contributed by atoms with Crippen LogP contribution < -0.4 is 5.73 Å². The van der Waals surface area contributed by atoms with Gasteiger partial charge in [0.25, 0.3) is 0 Å². The molecular weight excluding hydrogens is 224 g/mol. The first-order valence-corrected chi connectivity index (χ1v) is 7.62. The minimum absolute atomic E-state index is 0.335. The number of carbonyl (C=O) groups excluding carboxylic acids is 1. The van der Waals surface area contributed by atoms with Crippen LogP contribution in [0.2, 0.25) is 0 Å². The smallest absolute Gasteiger partial charge is 0.222 e. The van der Waals surface area contributed by atoms with Crippen LogP contribution in [0, 0.1) is 5.92 Å². The minimum atomic E-state index is 0.335. The van der Waals surface area contributed by atoms with E-state index in [4.69, 9.17) is 5.73 Å². The number of nitrogens with two attached hydrogens (primary N) is 1. The number of hydrogen-bond acceptors (Lipinski definition) is 2. The molecule has 0 aromatic carbocycles. The molecule has 1 rings (SSSR count). The second-order valence-electron chi connectivity index (χ2n) is 5.79. The number of carbonyl (C=O) groups is 1. The lowest BCUT2D eigenvalue weighted by atomic mass is 9.85. The molecule has 2 atom stereocenters. The van der Waals surface area contributed by atoms with Gasteiger partial charge in [0.2, 0.25) is 5.91 Å². The van der Waals surface area contributed by atoms with Crippen molar-refractivity contribution in [1.29, 1.82) is 0 Å². The van der Waals surface area contributed by atoms with Gasteiger partial charge in [0.05, 0.1) is 0 Å². The molecule has 1 fully saturated rings. The largest absolute Gasteiger partial charge is 0.343 e. The molecule has 0 saturated heterocycles. The van der Waals surface area contributed by atoms with E-state index in [0.717, 1.165) is 32.2 Å². The maximum Gasteiger partial charge on any atom is 0.222 e. The zero-order chi connectivity index (χ0) is 13.4. The Balaban J connectivity index is 2.23. The van der Waals surface area contributed by atoms with Gasteiger partial charge in [0, 0.05) is 19.5 Å². The molecule has 3 nitrogen and oxygen atoms in total. The Hall–Kier alpha value is -0.570. The van der Waals surface area contributed by atoms with Crippen molar-refractivity contribution in [1.82, 2.24) is 4.90 Å². The van der Waals surface area contributed by atoms with Gasteiger partial charge in [0.15, 0.2) is 0 Å². The van der Waals surface area contributed by atoms with Crippen molar-refractivity contribution in [2.45, 2.75) is 70.8 Å². The fraction of sp³-hybridized carbons (Fsp3) is 0.933. The number of hydrogen-bond donors (Lipinski definition) is 1. The molecule has 0 heterocycles. The van der Waals surface area contributed by atoms with Gasteiger partial charge in [-0.3, -0.25) is 4.79 Å². The highest BCUT2D eigenvalue weighted by Gasteiger charge is 2.27. The molecule has 1 saturated carbocycles. The van der Waals surface area contributed by atoms with Crippen LogP contribution in [-0.4, -0.2) is 30.4 Å². The summed E-state index contributed by atoms with van der Waals surface area (Å²) in [5.74, 6) is 1.01. The Morgan fingerprint density at radius 3 is 2.50 bits per heavy atom. The molecule has 0 aromatic heterocycles. The summed E-state index contributed by atoms with van der Waals surface area (Å²) in [6.45, 7) is 3.06. The maximum atomic E-state index is 12.1. The van der Waals surface area contributed by atoms with Crippen molar-refractivity contribution in [3.8, 4) is 0 Å². The van der Waals surface area contributed by atoms with Gasteiger partial charge < -0.3 is 10.6 Å². The van der Waals surface area contributed by atoms with Gasteiger partial charge in [-0.2, -0.15) is 0 Å². The van der Waals surface area contributed by atoms with Crippen molar-refractivity contribution < 1.29 is 4.79 Å². The van der Waals surface area contributed by atoms with E-state index in [-0.39, 0.29) is 0 Å². The lowest BCUT2D eigenvalue weighted by Crippen LogP contribution is -2.42. The molecule has 3 heteroatoms. The SMILES string of the molecule is CC1CCCCC1N(C)C(=O)CCCCCCN. The van der Waals surface area contributed by atoms with Crippen LogP contribution >= 0.6 is 0 Å². The molecule has 0 aromatic rings. The lowest BCUT2D eigenvalue weighted by Gasteiger charge is -2.36. The Morgan fingerprint density at radius 1 is 1.17 bits per heavy atom. The summed E-state index contributed by atoms with van der Waals surface area (Å²) >= 11 is 0. The second kappa shape index (κ2) is 8.52. The van der Waals surface area contributed by atoms with Crippen LogP contribution in [0.25, 0.3) is 0 Å². The molecule has 2 unspecified atom stereocenters. The zero-order valence-corrected chi connectivity index (χ0v) is 12.2. The third kappa shape index (κ3) is 4.97. The number of unbranched alkanes of at least 4 members (excludes halogenated alkanes) is 3. The van der Waals surface area contributed by atoms with Crippen molar-refractivity contribution in [3.63, 3.8) is 0 Å². The quantitative estimate of drug-likeness (QED) is 0.710.